The van der Waals surface area contributed by atoms with Gasteiger partial charge in [0.1, 0.15) is 5.84 Å². The van der Waals surface area contributed by atoms with E-state index in [9.17, 15) is 0 Å². The van der Waals surface area contributed by atoms with Gasteiger partial charge in [-0.3, -0.25) is 0 Å². The van der Waals surface area contributed by atoms with Crippen LogP contribution < -0.4 is 4.90 Å². The van der Waals surface area contributed by atoms with Crippen molar-refractivity contribution in [2.45, 2.75) is 0 Å². The molecule has 0 saturated carbocycles. The summed E-state index contributed by atoms with van der Waals surface area (Å²) < 4.78 is 0. The first-order valence-electron chi connectivity index (χ1n) is 7.45. The minimum Gasteiger partial charge on any atom is -0.329 e. The molecule has 0 aliphatic heterocycles. The zero-order valence-corrected chi connectivity index (χ0v) is 12.8. The molecule has 0 fully saturated rings. The number of hydrogen-bond acceptors (Lipinski definition) is 2. The molecule has 2 aromatic carbocycles. The third kappa shape index (κ3) is 3.55. The van der Waals surface area contributed by atoms with Crippen LogP contribution in [0.25, 0.3) is 0 Å². The second-order valence-corrected chi connectivity index (χ2v) is 4.95. The van der Waals surface area contributed by atoms with Crippen LogP contribution in [0.4, 0.5) is 11.6 Å². The predicted molar refractivity (Wildman–Crippen MR) is 95.2 cm³/mol. The summed E-state index contributed by atoms with van der Waals surface area (Å²) in [4.78, 5) is 14.1. The third-order valence-corrected chi connectivity index (χ3v) is 3.36. The number of rotatable bonds is 5. The molecule has 1 aromatic heterocycles. The fraction of sp³-hybridized carbons (Fsp3) is 0.0526. The maximum absolute atomic E-state index is 4.71. The van der Waals surface area contributed by atoms with Crippen molar-refractivity contribution in [3.05, 3.63) is 91.3 Å². The van der Waals surface area contributed by atoms with Gasteiger partial charge >= 0.3 is 0 Å². The summed E-state index contributed by atoms with van der Waals surface area (Å²) in [5, 5.41) is 0. The zero-order chi connectivity index (χ0) is 15.9. The van der Waals surface area contributed by atoms with Crippen molar-refractivity contribution < 1.29 is 0 Å². The van der Waals surface area contributed by atoms with Gasteiger partial charge in [-0.25, -0.2) is 4.98 Å². The summed E-state index contributed by atoms with van der Waals surface area (Å²) in [7, 11) is 0. The highest BCUT2D eigenvalue weighted by atomic mass is 15.2. The molecular formula is C19H18N4. The summed E-state index contributed by atoms with van der Waals surface area (Å²) in [6.45, 7) is 4.53. The van der Waals surface area contributed by atoms with E-state index in [1.807, 2.05) is 54.6 Å². The summed E-state index contributed by atoms with van der Waals surface area (Å²) >= 11 is 0. The lowest BCUT2D eigenvalue weighted by atomic mass is 10.1. The van der Waals surface area contributed by atoms with Gasteiger partial charge in [-0.15, -0.1) is 6.58 Å². The Hall–Kier alpha value is -3.14. The summed E-state index contributed by atoms with van der Waals surface area (Å²) in [5.41, 5.74) is 2.08. The quantitative estimate of drug-likeness (QED) is 0.436. The van der Waals surface area contributed by atoms with Crippen molar-refractivity contribution in [2.24, 2.45) is 4.99 Å². The van der Waals surface area contributed by atoms with Gasteiger partial charge in [-0.05, 0) is 12.1 Å². The Morgan fingerprint density at radius 2 is 1.78 bits per heavy atom. The number of aromatic nitrogens is 2. The lowest BCUT2D eigenvalue weighted by Crippen LogP contribution is -2.31. The monoisotopic (exact) mass is 302 g/mol. The van der Waals surface area contributed by atoms with E-state index in [1.165, 1.54) is 0 Å². The number of aromatic amines is 1. The van der Waals surface area contributed by atoms with Gasteiger partial charge in [-0.2, -0.15) is 4.99 Å². The largest absolute Gasteiger partial charge is 0.329 e. The van der Waals surface area contributed by atoms with E-state index in [4.69, 9.17) is 4.99 Å². The Morgan fingerprint density at radius 1 is 1.09 bits per heavy atom. The topological polar surface area (TPSA) is 44.3 Å². The molecule has 23 heavy (non-hydrogen) atoms. The van der Waals surface area contributed by atoms with Gasteiger partial charge in [0, 0.05) is 30.2 Å². The normalized spacial score (nSPS) is 11.2. The number of para-hydroxylation sites is 1. The van der Waals surface area contributed by atoms with Gasteiger partial charge in [0.2, 0.25) is 5.95 Å². The number of H-pyrrole nitrogens is 1. The fourth-order valence-electron chi connectivity index (χ4n) is 2.34. The molecule has 0 atom stereocenters. The maximum atomic E-state index is 4.71. The number of benzene rings is 2. The number of imidazole rings is 1. The Morgan fingerprint density at radius 3 is 2.39 bits per heavy atom. The minimum absolute atomic E-state index is 0.578. The molecule has 0 saturated heterocycles. The zero-order valence-electron chi connectivity index (χ0n) is 12.8. The Balaban J connectivity index is 2.11. The molecule has 0 amide bonds. The molecule has 4 heteroatoms. The molecule has 1 N–H and O–H groups in total. The van der Waals surface area contributed by atoms with Gasteiger partial charge in [0.25, 0.3) is 0 Å². The molecule has 0 unspecified atom stereocenters. The van der Waals surface area contributed by atoms with Crippen LogP contribution in [0.1, 0.15) is 5.56 Å². The molecule has 1 heterocycles. The SMILES string of the molecule is C=CCN(C(=Nc1ncc[nH]1)c1ccccc1)c1ccccc1. The van der Waals surface area contributed by atoms with Crippen LogP contribution in [0.5, 0.6) is 0 Å². The molecule has 0 spiro atoms. The third-order valence-electron chi connectivity index (χ3n) is 3.36. The standard InChI is InChI=1S/C19H18N4/c1-2-15-23(17-11-7-4-8-12-17)18(16-9-5-3-6-10-16)22-19-20-13-14-21-19/h2-14H,1,15H2,(H,20,21). The van der Waals surface area contributed by atoms with Crippen LogP contribution in [0.15, 0.2) is 90.7 Å². The highest BCUT2D eigenvalue weighted by molar-refractivity contribution is 6.10. The van der Waals surface area contributed by atoms with Crippen molar-refractivity contribution >= 4 is 17.5 Å². The van der Waals surface area contributed by atoms with E-state index < -0.39 is 0 Å². The average Bonchev–Trinajstić information content (AvgIpc) is 3.13. The molecule has 0 aliphatic rings. The predicted octanol–water partition coefficient (Wildman–Crippen LogP) is 4.18. The van der Waals surface area contributed by atoms with Crippen LogP contribution in [-0.4, -0.2) is 22.3 Å². The average molecular weight is 302 g/mol. The molecule has 3 rings (SSSR count). The number of amidine groups is 1. The van der Waals surface area contributed by atoms with Crippen LogP contribution in [0.2, 0.25) is 0 Å². The Bertz CT molecular complexity index is 762. The molecule has 0 bridgehead atoms. The van der Waals surface area contributed by atoms with E-state index >= 15 is 0 Å². The molecule has 114 valence electrons. The first-order chi connectivity index (χ1) is 11.4. The first kappa shape index (κ1) is 14.8. The number of anilines is 1. The highest BCUT2D eigenvalue weighted by Gasteiger charge is 2.15. The number of aliphatic imine (C=N–C) groups is 1. The van der Waals surface area contributed by atoms with Gasteiger partial charge in [-0.1, -0.05) is 54.6 Å². The molecule has 0 radical (unpaired) electrons. The number of hydrogen-bond donors (Lipinski definition) is 1. The van der Waals surface area contributed by atoms with Crippen LogP contribution in [0, 0.1) is 0 Å². The van der Waals surface area contributed by atoms with Crippen molar-refractivity contribution in [1.82, 2.24) is 9.97 Å². The Labute approximate surface area is 135 Å². The van der Waals surface area contributed by atoms with E-state index in [2.05, 4.69) is 33.6 Å². The van der Waals surface area contributed by atoms with Crippen molar-refractivity contribution in [3.63, 3.8) is 0 Å². The summed E-state index contributed by atoms with van der Waals surface area (Å²) in [5.74, 6) is 1.40. The Kier molecular flexibility index (Phi) is 4.64. The van der Waals surface area contributed by atoms with Crippen LogP contribution in [0.3, 0.4) is 0 Å². The van der Waals surface area contributed by atoms with Crippen molar-refractivity contribution in [2.75, 3.05) is 11.4 Å². The van der Waals surface area contributed by atoms with E-state index in [0.29, 0.717) is 12.5 Å². The lowest BCUT2D eigenvalue weighted by Gasteiger charge is -2.25. The maximum Gasteiger partial charge on any atom is 0.228 e. The van der Waals surface area contributed by atoms with Crippen LogP contribution >= 0.6 is 0 Å². The molecule has 3 aromatic rings. The van der Waals surface area contributed by atoms with Gasteiger partial charge in [0.05, 0.1) is 0 Å². The van der Waals surface area contributed by atoms with Crippen molar-refractivity contribution in [1.29, 1.82) is 0 Å². The summed E-state index contributed by atoms with van der Waals surface area (Å²) in [6.07, 6.45) is 5.33. The van der Waals surface area contributed by atoms with E-state index in [-0.39, 0.29) is 0 Å². The summed E-state index contributed by atoms with van der Waals surface area (Å²) in [6, 6.07) is 20.2. The van der Waals surface area contributed by atoms with Crippen LogP contribution in [-0.2, 0) is 0 Å². The molecule has 4 nitrogen and oxygen atoms in total. The molecular weight excluding hydrogens is 284 g/mol. The number of nitrogens with zero attached hydrogens (tertiary/aromatic N) is 3. The van der Waals surface area contributed by atoms with Gasteiger partial charge in [0.15, 0.2) is 0 Å². The second-order valence-electron chi connectivity index (χ2n) is 4.95. The lowest BCUT2D eigenvalue weighted by molar-refractivity contribution is 1.12. The molecule has 0 aliphatic carbocycles. The van der Waals surface area contributed by atoms with Gasteiger partial charge < -0.3 is 9.88 Å². The van der Waals surface area contributed by atoms with E-state index in [1.54, 1.807) is 12.4 Å². The second kappa shape index (κ2) is 7.22. The van der Waals surface area contributed by atoms with E-state index in [0.717, 1.165) is 17.1 Å². The highest BCUT2D eigenvalue weighted by Crippen LogP contribution is 2.19. The van der Waals surface area contributed by atoms with Crippen molar-refractivity contribution in [3.8, 4) is 0 Å². The first-order valence-corrected chi connectivity index (χ1v) is 7.45. The fourth-order valence-corrected chi connectivity index (χ4v) is 2.34. The minimum atomic E-state index is 0.578. The smallest absolute Gasteiger partial charge is 0.228 e. The number of nitrogens with one attached hydrogen (secondary N) is 1.